The highest BCUT2D eigenvalue weighted by Gasteiger charge is 2.33. The molecule has 7 heteroatoms. The summed E-state index contributed by atoms with van der Waals surface area (Å²) in [5.74, 6) is -1.58. The number of nitrogens with zero attached hydrogens (tertiary/aromatic N) is 2. The predicted octanol–water partition coefficient (Wildman–Crippen LogP) is 3.79. The second-order valence-electron chi connectivity index (χ2n) is 5.94. The van der Waals surface area contributed by atoms with Crippen molar-refractivity contribution < 1.29 is 14.7 Å². The van der Waals surface area contributed by atoms with Crippen LogP contribution in [0.5, 0.6) is 0 Å². The Morgan fingerprint density at radius 2 is 2.08 bits per heavy atom. The van der Waals surface area contributed by atoms with Gasteiger partial charge in [-0.3, -0.25) is 9.59 Å². The summed E-state index contributed by atoms with van der Waals surface area (Å²) in [5.41, 5.74) is 1.13. The Balaban J connectivity index is 1.83. The Labute approximate surface area is 148 Å². The van der Waals surface area contributed by atoms with Crippen molar-refractivity contribution in [2.45, 2.75) is 25.8 Å². The summed E-state index contributed by atoms with van der Waals surface area (Å²) >= 11 is 7.54. The third-order valence-electron chi connectivity index (χ3n) is 4.32. The molecule has 0 aliphatic carbocycles. The first kappa shape index (κ1) is 16.9. The van der Waals surface area contributed by atoms with Crippen LogP contribution < -0.4 is 0 Å². The number of aromatic nitrogens is 1. The molecule has 2 atom stereocenters. The van der Waals surface area contributed by atoms with Crippen molar-refractivity contribution in [1.82, 2.24) is 9.88 Å². The highest BCUT2D eigenvalue weighted by atomic mass is 35.5. The maximum atomic E-state index is 12.8. The van der Waals surface area contributed by atoms with E-state index in [0.29, 0.717) is 28.6 Å². The van der Waals surface area contributed by atoms with Gasteiger partial charge >= 0.3 is 5.97 Å². The fraction of sp³-hybridized carbons (Fsp3) is 0.353. The number of halogens is 1. The number of hydrogen-bond acceptors (Lipinski definition) is 4. The second-order valence-corrected chi connectivity index (χ2v) is 7.20. The van der Waals surface area contributed by atoms with Crippen LogP contribution in [0.15, 0.2) is 29.6 Å². The highest BCUT2D eigenvalue weighted by Crippen LogP contribution is 2.31. The molecule has 0 saturated carbocycles. The second kappa shape index (κ2) is 6.91. The molecule has 1 N–H and O–H groups in total. The van der Waals surface area contributed by atoms with Crippen LogP contribution in [-0.4, -0.2) is 39.5 Å². The number of amides is 1. The Morgan fingerprint density at radius 3 is 2.79 bits per heavy atom. The van der Waals surface area contributed by atoms with Crippen molar-refractivity contribution in [3.05, 3.63) is 40.4 Å². The number of carbonyl (C=O) groups is 2. The normalized spacial score (nSPS) is 20.8. The summed E-state index contributed by atoms with van der Waals surface area (Å²) in [6, 6.07) is 7.36. The average Bonchev–Trinajstić information content (AvgIpc) is 3.04. The molecule has 2 heterocycles. The van der Waals surface area contributed by atoms with Gasteiger partial charge in [-0.15, -0.1) is 11.3 Å². The standard InChI is InChI=1S/C17H17ClN2O3S/c1-10-6-7-11(17(22)23)8-20(10)16(21)14-9-24-15(19-14)12-4-2-3-5-13(12)18/h2-5,9-11H,6-8H2,1H3,(H,22,23). The quantitative estimate of drug-likeness (QED) is 0.899. The third-order valence-corrected chi connectivity index (χ3v) is 5.52. The van der Waals surface area contributed by atoms with E-state index >= 15 is 0 Å². The van der Waals surface area contributed by atoms with E-state index in [9.17, 15) is 14.7 Å². The van der Waals surface area contributed by atoms with E-state index in [4.69, 9.17) is 11.6 Å². The smallest absolute Gasteiger partial charge is 0.308 e. The van der Waals surface area contributed by atoms with Gasteiger partial charge in [0, 0.05) is 23.5 Å². The van der Waals surface area contributed by atoms with Gasteiger partial charge in [0.25, 0.3) is 5.91 Å². The summed E-state index contributed by atoms with van der Waals surface area (Å²) in [5, 5.41) is 12.2. The Bertz CT molecular complexity index is 777. The molecule has 1 aromatic carbocycles. The molecule has 126 valence electrons. The van der Waals surface area contributed by atoms with Crippen molar-refractivity contribution in [1.29, 1.82) is 0 Å². The minimum Gasteiger partial charge on any atom is -0.481 e. The zero-order chi connectivity index (χ0) is 17.3. The summed E-state index contributed by atoms with van der Waals surface area (Å²) in [6.45, 7) is 2.17. The van der Waals surface area contributed by atoms with Crippen LogP contribution in [0.3, 0.4) is 0 Å². The number of thiazole rings is 1. The number of hydrogen-bond donors (Lipinski definition) is 1. The Hall–Kier alpha value is -1.92. The largest absolute Gasteiger partial charge is 0.481 e. The minimum atomic E-state index is -0.852. The Kier molecular flexibility index (Phi) is 4.87. The molecule has 1 fully saturated rings. The number of carbonyl (C=O) groups excluding carboxylic acids is 1. The first-order valence-corrected chi connectivity index (χ1v) is 8.97. The van der Waals surface area contributed by atoms with Gasteiger partial charge in [-0.25, -0.2) is 4.98 Å². The van der Waals surface area contributed by atoms with Crippen molar-refractivity contribution in [2.75, 3.05) is 6.54 Å². The lowest BCUT2D eigenvalue weighted by molar-refractivity contribution is -0.143. The maximum absolute atomic E-state index is 12.8. The van der Waals surface area contributed by atoms with Crippen molar-refractivity contribution in [2.24, 2.45) is 5.92 Å². The molecule has 3 rings (SSSR count). The molecule has 24 heavy (non-hydrogen) atoms. The van der Waals surface area contributed by atoms with Gasteiger partial charge in [0.2, 0.25) is 0 Å². The van der Waals surface area contributed by atoms with Crippen LogP contribution in [0.4, 0.5) is 0 Å². The third kappa shape index (κ3) is 3.30. The fourth-order valence-electron chi connectivity index (χ4n) is 2.87. The van der Waals surface area contributed by atoms with Gasteiger partial charge in [0.15, 0.2) is 0 Å². The van der Waals surface area contributed by atoms with Crippen LogP contribution >= 0.6 is 22.9 Å². The average molecular weight is 365 g/mol. The lowest BCUT2D eigenvalue weighted by Crippen LogP contribution is -2.47. The number of aliphatic carboxylic acids is 1. The maximum Gasteiger partial charge on any atom is 0.308 e. The predicted molar refractivity (Wildman–Crippen MR) is 93.4 cm³/mol. The van der Waals surface area contributed by atoms with Gasteiger partial charge in [-0.05, 0) is 25.8 Å². The van der Waals surface area contributed by atoms with E-state index < -0.39 is 11.9 Å². The van der Waals surface area contributed by atoms with E-state index in [1.54, 1.807) is 16.3 Å². The van der Waals surface area contributed by atoms with Crippen molar-refractivity contribution >= 4 is 34.8 Å². The number of rotatable bonds is 3. The Morgan fingerprint density at radius 1 is 1.33 bits per heavy atom. The van der Waals surface area contributed by atoms with Crippen LogP contribution in [-0.2, 0) is 4.79 Å². The monoisotopic (exact) mass is 364 g/mol. The lowest BCUT2D eigenvalue weighted by atomic mass is 9.93. The number of piperidine rings is 1. The molecule has 2 unspecified atom stereocenters. The van der Waals surface area contributed by atoms with Gasteiger partial charge in [-0.1, -0.05) is 29.8 Å². The van der Waals surface area contributed by atoms with Crippen LogP contribution in [0.2, 0.25) is 5.02 Å². The molecule has 5 nitrogen and oxygen atoms in total. The van der Waals surface area contributed by atoms with Gasteiger partial charge < -0.3 is 10.0 Å². The summed E-state index contributed by atoms with van der Waals surface area (Å²) in [4.78, 5) is 30.0. The zero-order valence-electron chi connectivity index (χ0n) is 13.1. The van der Waals surface area contributed by atoms with Gasteiger partial charge in [0.05, 0.1) is 10.9 Å². The molecule has 1 aliphatic heterocycles. The number of carboxylic acid groups (broad SMARTS) is 1. The van der Waals surface area contributed by atoms with E-state index in [1.807, 2.05) is 25.1 Å². The molecule has 1 aromatic heterocycles. The van der Waals surface area contributed by atoms with Crippen LogP contribution in [0.25, 0.3) is 10.6 Å². The lowest BCUT2D eigenvalue weighted by Gasteiger charge is -2.36. The molecule has 0 radical (unpaired) electrons. The van der Waals surface area contributed by atoms with Crippen LogP contribution in [0, 0.1) is 5.92 Å². The molecule has 1 amide bonds. The van der Waals surface area contributed by atoms with E-state index in [1.165, 1.54) is 11.3 Å². The van der Waals surface area contributed by atoms with Crippen LogP contribution in [0.1, 0.15) is 30.3 Å². The van der Waals surface area contributed by atoms with E-state index in [-0.39, 0.29) is 18.5 Å². The molecule has 0 spiro atoms. The zero-order valence-corrected chi connectivity index (χ0v) is 14.7. The molecule has 1 aliphatic rings. The number of benzene rings is 1. The van der Waals surface area contributed by atoms with Crippen molar-refractivity contribution in [3.8, 4) is 10.6 Å². The molecular formula is C17H17ClN2O3S. The number of likely N-dealkylation sites (tertiary alicyclic amines) is 1. The minimum absolute atomic E-state index is 0.0126. The van der Waals surface area contributed by atoms with E-state index in [0.717, 1.165) is 5.56 Å². The molecule has 0 bridgehead atoms. The molecular weight excluding hydrogens is 348 g/mol. The fourth-order valence-corrected chi connectivity index (χ4v) is 3.98. The molecule has 2 aromatic rings. The van der Waals surface area contributed by atoms with Gasteiger partial charge in [0.1, 0.15) is 10.7 Å². The van der Waals surface area contributed by atoms with E-state index in [2.05, 4.69) is 4.98 Å². The summed E-state index contributed by atoms with van der Waals surface area (Å²) in [7, 11) is 0. The summed E-state index contributed by atoms with van der Waals surface area (Å²) < 4.78 is 0. The number of carboxylic acids is 1. The highest BCUT2D eigenvalue weighted by molar-refractivity contribution is 7.13. The van der Waals surface area contributed by atoms with Gasteiger partial charge in [-0.2, -0.15) is 0 Å². The SMILES string of the molecule is CC1CCC(C(=O)O)CN1C(=O)c1csc(-c2ccccc2Cl)n1. The first-order chi connectivity index (χ1) is 11.5. The summed E-state index contributed by atoms with van der Waals surface area (Å²) in [6.07, 6.45) is 1.28. The van der Waals surface area contributed by atoms with Crippen molar-refractivity contribution in [3.63, 3.8) is 0 Å². The first-order valence-electron chi connectivity index (χ1n) is 7.71. The molecule has 1 saturated heterocycles. The topological polar surface area (TPSA) is 70.5 Å².